The summed E-state index contributed by atoms with van der Waals surface area (Å²) in [6.07, 6.45) is 2.00. The van der Waals surface area contributed by atoms with Crippen LogP contribution in [0.2, 0.25) is 0 Å². The number of ether oxygens (including phenoxy) is 1. The van der Waals surface area contributed by atoms with Crippen LogP contribution in [0.15, 0.2) is 59.4 Å². The van der Waals surface area contributed by atoms with E-state index in [0.717, 1.165) is 43.0 Å². The second-order valence-electron chi connectivity index (χ2n) is 7.31. The number of thiophene rings is 1. The van der Waals surface area contributed by atoms with E-state index in [1.807, 2.05) is 10.7 Å². The zero-order chi connectivity index (χ0) is 18.9. The van der Waals surface area contributed by atoms with Crippen molar-refractivity contribution in [2.45, 2.75) is 19.6 Å². The summed E-state index contributed by atoms with van der Waals surface area (Å²) in [6, 6.07) is 15.0. The van der Waals surface area contributed by atoms with E-state index in [9.17, 15) is 0 Å². The van der Waals surface area contributed by atoms with Crippen LogP contribution in [0.3, 0.4) is 0 Å². The van der Waals surface area contributed by atoms with Gasteiger partial charge in [-0.2, -0.15) is 11.3 Å². The molecule has 1 saturated heterocycles. The Balaban J connectivity index is 1.39. The number of aryl methyl sites for hydroxylation is 1. The molecule has 1 atom stereocenters. The molecule has 28 heavy (non-hydrogen) atoms. The number of hydrogen-bond donors (Lipinski definition) is 0. The summed E-state index contributed by atoms with van der Waals surface area (Å²) in [5.41, 5.74) is 6.87. The van der Waals surface area contributed by atoms with Gasteiger partial charge in [0, 0.05) is 31.4 Å². The van der Waals surface area contributed by atoms with E-state index in [1.54, 1.807) is 11.3 Å². The fourth-order valence-electron chi connectivity index (χ4n) is 3.71. The van der Waals surface area contributed by atoms with Gasteiger partial charge in [0.25, 0.3) is 0 Å². The Morgan fingerprint density at radius 3 is 2.79 bits per heavy atom. The van der Waals surface area contributed by atoms with Gasteiger partial charge in [-0.25, -0.2) is 4.52 Å². The molecule has 1 fully saturated rings. The first kappa shape index (κ1) is 17.6. The molecular formula is C22H22N4OS. The normalized spacial score (nSPS) is 18.0. The summed E-state index contributed by atoms with van der Waals surface area (Å²) < 4.78 is 7.92. The Kier molecular flexibility index (Phi) is 4.68. The molecule has 3 aromatic heterocycles. The van der Waals surface area contributed by atoms with E-state index < -0.39 is 0 Å². The largest absolute Gasteiger partial charge is 0.369 e. The highest BCUT2D eigenvalue weighted by molar-refractivity contribution is 7.07. The summed E-state index contributed by atoms with van der Waals surface area (Å²) in [5.74, 6) is 0. The molecule has 0 radical (unpaired) electrons. The summed E-state index contributed by atoms with van der Waals surface area (Å²) in [4.78, 5) is 2.43. The highest BCUT2D eigenvalue weighted by atomic mass is 32.1. The molecule has 1 unspecified atom stereocenters. The lowest BCUT2D eigenvalue weighted by Crippen LogP contribution is -2.37. The van der Waals surface area contributed by atoms with E-state index in [4.69, 9.17) is 4.74 Å². The first-order valence-corrected chi connectivity index (χ1v) is 10.5. The number of morpholine rings is 1. The maximum atomic E-state index is 6.05. The van der Waals surface area contributed by atoms with Crippen LogP contribution in [0, 0.1) is 6.92 Å². The van der Waals surface area contributed by atoms with Crippen LogP contribution in [0.5, 0.6) is 0 Å². The van der Waals surface area contributed by atoms with Gasteiger partial charge in [-0.1, -0.05) is 41.1 Å². The standard InChI is InChI=1S/C22H22N4OS/c1-16-2-4-18(5-3-16)19-6-7-20-22(23-24-26(20)13-19)21-14-25(9-10-27-21)12-17-8-11-28-15-17/h2-8,11,13,15,21H,9-10,12,14H2,1H3. The van der Waals surface area contributed by atoms with Gasteiger partial charge in [0.05, 0.1) is 12.1 Å². The Labute approximate surface area is 168 Å². The van der Waals surface area contributed by atoms with Gasteiger partial charge in [-0.3, -0.25) is 4.90 Å². The smallest absolute Gasteiger partial charge is 0.121 e. The lowest BCUT2D eigenvalue weighted by atomic mass is 10.1. The van der Waals surface area contributed by atoms with Crippen LogP contribution in [-0.4, -0.2) is 39.4 Å². The summed E-state index contributed by atoms with van der Waals surface area (Å²) in [5, 5.41) is 13.2. The maximum absolute atomic E-state index is 6.05. The van der Waals surface area contributed by atoms with Crippen molar-refractivity contribution < 1.29 is 4.74 Å². The van der Waals surface area contributed by atoms with Crippen molar-refractivity contribution in [1.82, 2.24) is 19.7 Å². The summed E-state index contributed by atoms with van der Waals surface area (Å²) in [6.45, 7) is 5.56. The van der Waals surface area contributed by atoms with E-state index in [0.29, 0.717) is 0 Å². The Morgan fingerprint density at radius 1 is 1.11 bits per heavy atom. The Bertz CT molecular complexity index is 1070. The van der Waals surface area contributed by atoms with Crippen LogP contribution >= 0.6 is 11.3 Å². The first-order chi connectivity index (χ1) is 13.8. The number of benzene rings is 1. The molecule has 0 aliphatic carbocycles. The van der Waals surface area contributed by atoms with Crippen molar-refractivity contribution in [2.24, 2.45) is 0 Å². The van der Waals surface area contributed by atoms with E-state index in [-0.39, 0.29) is 6.10 Å². The minimum absolute atomic E-state index is 0.0462. The fraction of sp³-hybridized carbons (Fsp3) is 0.273. The first-order valence-electron chi connectivity index (χ1n) is 9.53. The third-order valence-corrected chi connectivity index (χ3v) is 6.00. The summed E-state index contributed by atoms with van der Waals surface area (Å²) >= 11 is 1.75. The van der Waals surface area contributed by atoms with E-state index in [1.165, 1.54) is 16.7 Å². The van der Waals surface area contributed by atoms with Crippen molar-refractivity contribution in [2.75, 3.05) is 19.7 Å². The highest BCUT2D eigenvalue weighted by Gasteiger charge is 2.26. The fourth-order valence-corrected chi connectivity index (χ4v) is 4.37. The van der Waals surface area contributed by atoms with Crippen molar-refractivity contribution in [3.63, 3.8) is 0 Å². The van der Waals surface area contributed by atoms with Crippen molar-refractivity contribution in [3.8, 4) is 11.1 Å². The minimum Gasteiger partial charge on any atom is -0.369 e. The molecule has 0 amide bonds. The SMILES string of the molecule is Cc1ccc(-c2ccc3c(C4CN(Cc5ccsc5)CCO4)nnn3c2)cc1. The molecule has 0 spiro atoms. The van der Waals surface area contributed by atoms with Crippen LogP contribution in [0.4, 0.5) is 0 Å². The second kappa shape index (κ2) is 7.47. The van der Waals surface area contributed by atoms with Crippen LogP contribution in [0.1, 0.15) is 22.9 Å². The number of nitrogens with zero attached hydrogens (tertiary/aromatic N) is 4. The van der Waals surface area contributed by atoms with Crippen LogP contribution in [-0.2, 0) is 11.3 Å². The molecule has 0 saturated carbocycles. The number of fused-ring (bicyclic) bond motifs is 1. The van der Waals surface area contributed by atoms with Gasteiger partial charge < -0.3 is 4.74 Å². The van der Waals surface area contributed by atoms with Crippen molar-refractivity contribution in [3.05, 3.63) is 76.2 Å². The zero-order valence-corrected chi connectivity index (χ0v) is 16.6. The molecule has 6 heteroatoms. The van der Waals surface area contributed by atoms with Gasteiger partial charge in [0.1, 0.15) is 11.8 Å². The molecule has 1 aromatic carbocycles. The lowest BCUT2D eigenvalue weighted by molar-refractivity contribution is -0.0342. The molecule has 4 aromatic rings. The van der Waals surface area contributed by atoms with E-state index in [2.05, 4.69) is 75.4 Å². The molecular weight excluding hydrogens is 368 g/mol. The molecule has 5 nitrogen and oxygen atoms in total. The third kappa shape index (κ3) is 3.46. The Morgan fingerprint density at radius 2 is 1.96 bits per heavy atom. The highest BCUT2D eigenvalue weighted by Crippen LogP contribution is 2.27. The minimum atomic E-state index is -0.0462. The number of pyridine rings is 1. The maximum Gasteiger partial charge on any atom is 0.121 e. The second-order valence-corrected chi connectivity index (χ2v) is 8.09. The molecule has 1 aliphatic rings. The van der Waals surface area contributed by atoms with Gasteiger partial charge >= 0.3 is 0 Å². The topological polar surface area (TPSA) is 42.7 Å². The van der Waals surface area contributed by atoms with Gasteiger partial charge in [0.15, 0.2) is 0 Å². The van der Waals surface area contributed by atoms with Crippen molar-refractivity contribution >= 4 is 16.9 Å². The molecule has 142 valence electrons. The van der Waals surface area contributed by atoms with Gasteiger partial charge in [-0.05, 0) is 40.9 Å². The monoisotopic (exact) mass is 390 g/mol. The quantitative estimate of drug-likeness (QED) is 0.520. The van der Waals surface area contributed by atoms with Crippen LogP contribution < -0.4 is 0 Å². The Hall–Kier alpha value is -2.54. The van der Waals surface area contributed by atoms with Gasteiger partial charge in [-0.15, -0.1) is 5.10 Å². The summed E-state index contributed by atoms with van der Waals surface area (Å²) in [7, 11) is 0. The lowest BCUT2D eigenvalue weighted by Gasteiger charge is -2.31. The predicted octanol–water partition coefficient (Wildman–Crippen LogP) is 4.34. The molecule has 0 N–H and O–H groups in total. The van der Waals surface area contributed by atoms with Crippen LogP contribution in [0.25, 0.3) is 16.6 Å². The number of hydrogen-bond acceptors (Lipinski definition) is 5. The average Bonchev–Trinajstić information content (AvgIpc) is 3.38. The molecule has 5 rings (SSSR count). The molecule has 1 aliphatic heterocycles. The average molecular weight is 391 g/mol. The van der Waals surface area contributed by atoms with Gasteiger partial charge in [0.2, 0.25) is 0 Å². The van der Waals surface area contributed by atoms with Crippen molar-refractivity contribution in [1.29, 1.82) is 0 Å². The third-order valence-electron chi connectivity index (χ3n) is 5.27. The number of rotatable bonds is 4. The van der Waals surface area contributed by atoms with E-state index >= 15 is 0 Å². The molecule has 4 heterocycles. The predicted molar refractivity (Wildman–Crippen MR) is 111 cm³/mol. The zero-order valence-electron chi connectivity index (χ0n) is 15.8. The molecule has 0 bridgehead atoms. The number of aromatic nitrogens is 3.